The second kappa shape index (κ2) is 11.4. The zero-order valence-electron chi connectivity index (χ0n) is 21.2. The van der Waals surface area contributed by atoms with Crippen LogP contribution in [-0.2, 0) is 4.79 Å². The summed E-state index contributed by atoms with van der Waals surface area (Å²) in [6.45, 7) is 0.421. The topological polar surface area (TPSA) is 80.7 Å². The van der Waals surface area contributed by atoms with Crippen LogP contribution in [-0.4, -0.2) is 46.2 Å². The molecule has 38 heavy (non-hydrogen) atoms. The molecular formula is C29H29N5O3S. The fourth-order valence-electron chi connectivity index (χ4n) is 4.78. The van der Waals surface area contributed by atoms with E-state index in [0.29, 0.717) is 23.1 Å². The van der Waals surface area contributed by atoms with Crippen molar-refractivity contribution in [2.75, 3.05) is 26.1 Å². The van der Waals surface area contributed by atoms with Gasteiger partial charge >= 0.3 is 0 Å². The lowest BCUT2D eigenvalue weighted by atomic mass is 10.0. The predicted molar refractivity (Wildman–Crippen MR) is 151 cm³/mol. The van der Waals surface area contributed by atoms with Crippen molar-refractivity contribution in [1.82, 2.24) is 19.8 Å². The molecule has 0 unspecified atom stereocenters. The van der Waals surface area contributed by atoms with E-state index in [1.807, 2.05) is 79.0 Å². The summed E-state index contributed by atoms with van der Waals surface area (Å²) < 4.78 is 12.9. The Balaban J connectivity index is 1.44. The maximum absolute atomic E-state index is 13.0. The van der Waals surface area contributed by atoms with Gasteiger partial charge in [0.15, 0.2) is 5.11 Å². The molecule has 8 nitrogen and oxygen atoms in total. The van der Waals surface area contributed by atoms with E-state index in [0.717, 1.165) is 22.8 Å². The number of methoxy groups -OCH3 is 2. The molecule has 1 amide bonds. The lowest BCUT2D eigenvalue weighted by Crippen LogP contribution is -2.33. The summed E-state index contributed by atoms with van der Waals surface area (Å²) in [4.78, 5) is 19.6. The Morgan fingerprint density at radius 1 is 1.03 bits per heavy atom. The number of hydrogen-bond donors (Lipinski definition) is 2. The predicted octanol–water partition coefficient (Wildman–Crippen LogP) is 4.89. The molecule has 194 valence electrons. The number of para-hydroxylation sites is 2. The molecule has 1 aliphatic rings. The van der Waals surface area contributed by atoms with Gasteiger partial charge in [-0.15, -0.1) is 0 Å². The summed E-state index contributed by atoms with van der Waals surface area (Å²) in [7, 11) is 3.24. The first-order chi connectivity index (χ1) is 18.6. The van der Waals surface area contributed by atoms with Crippen molar-refractivity contribution in [3.05, 3.63) is 103 Å². The van der Waals surface area contributed by atoms with Crippen molar-refractivity contribution < 1.29 is 14.3 Å². The number of ether oxygens (including phenoxy) is 2. The number of carbonyl (C=O) groups is 1. The Morgan fingerprint density at radius 2 is 1.87 bits per heavy atom. The highest BCUT2D eigenvalue weighted by Gasteiger charge is 2.41. The Hall–Kier alpha value is -4.37. The average molecular weight is 528 g/mol. The highest BCUT2D eigenvalue weighted by atomic mass is 32.1. The van der Waals surface area contributed by atoms with Gasteiger partial charge in [-0.3, -0.25) is 9.78 Å². The highest BCUT2D eigenvalue weighted by molar-refractivity contribution is 7.80. The van der Waals surface area contributed by atoms with E-state index in [2.05, 4.69) is 31.2 Å². The van der Waals surface area contributed by atoms with Gasteiger partial charge in [0.05, 0.1) is 37.7 Å². The van der Waals surface area contributed by atoms with E-state index in [1.54, 1.807) is 20.4 Å². The van der Waals surface area contributed by atoms with Crippen LogP contribution in [0.4, 0.5) is 5.69 Å². The molecule has 2 aromatic heterocycles. The summed E-state index contributed by atoms with van der Waals surface area (Å²) in [5.41, 5.74) is 3.50. The third-order valence-corrected chi connectivity index (χ3v) is 6.93. The summed E-state index contributed by atoms with van der Waals surface area (Å²) in [5, 5.41) is 6.99. The SMILES string of the molecule is COc1cccc(-n2cccc2[C@@H]2[C@H](c3ccccn3)NC(=S)N2CCC(=O)Nc2ccccc2OC)c1. The minimum Gasteiger partial charge on any atom is -0.497 e. The summed E-state index contributed by atoms with van der Waals surface area (Å²) in [5.74, 6) is 1.26. The van der Waals surface area contributed by atoms with Gasteiger partial charge in [0, 0.05) is 42.8 Å². The van der Waals surface area contributed by atoms with E-state index in [-0.39, 0.29) is 24.4 Å². The monoisotopic (exact) mass is 527 g/mol. The number of aromatic nitrogens is 2. The van der Waals surface area contributed by atoms with Crippen LogP contribution < -0.4 is 20.1 Å². The molecule has 2 N–H and O–H groups in total. The first-order valence-electron chi connectivity index (χ1n) is 12.3. The first kappa shape index (κ1) is 25.3. The Morgan fingerprint density at radius 3 is 2.66 bits per heavy atom. The lowest BCUT2D eigenvalue weighted by Gasteiger charge is -2.29. The number of anilines is 1. The van der Waals surface area contributed by atoms with Crippen molar-refractivity contribution in [1.29, 1.82) is 0 Å². The maximum atomic E-state index is 13.0. The summed E-state index contributed by atoms with van der Waals surface area (Å²) >= 11 is 5.80. The van der Waals surface area contributed by atoms with Crippen LogP contribution in [0.5, 0.6) is 11.5 Å². The van der Waals surface area contributed by atoms with Crippen molar-refractivity contribution in [3.8, 4) is 17.2 Å². The molecule has 1 saturated heterocycles. The average Bonchev–Trinajstić information content (AvgIpc) is 3.57. The van der Waals surface area contributed by atoms with Crippen LogP contribution >= 0.6 is 12.2 Å². The molecule has 0 saturated carbocycles. The number of benzene rings is 2. The van der Waals surface area contributed by atoms with Crippen molar-refractivity contribution in [3.63, 3.8) is 0 Å². The molecule has 0 radical (unpaired) electrons. The number of pyridine rings is 1. The third kappa shape index (κ3) is 5.19. The van der Waals surface area contributed by atoms with Gasteiger partial charge in [0.2, 0.25) is 5.91 Å². The summed E-state index contributed by atoms with van der Waals surface area (Å²) in [6.07, 6.45) is 4.04. The van der Waals surface area contributed by atoms with E-state index in [1.165, 1.54) is 0 Å². The molecule has 0 bridgehead atoms. The Bertz CT molecular complexity index is 1420. The summed E-state index contributed by atoms with van der Waals surface area (Å²) in [6, 6.07) is 24.8. The largest absolute Gasteiger partial charge is 0.497 e. The molecule has 2 atom stereocenters. The van der Waals surface area contributed by atoms with Crippen LogP contribution in [0.25, 0.3) is 5.69 Å². The molecule has 4 aromatic rings. The third-order valence-electron chi connectivity index (χ3n) is 6.57. The van der Waals surface area contributed by atoms with Crippen LogP contribution in [0.2, 0.25) is 0 Å². The van der Waals surface area contributed by atoms with Crippen molar-refractivity contribution >= 4 is 28.9 Å². The molecule has 5 rings (SSSR count). The zero-order chi connectivity index (χ0) is 26.5. The number of hydrogen-bond acceptors (Lipinski definition) is 5. The van der Waals surface area contributed by atoms with Gasteiger partial charge in [-0.2, -0.15) is 0 Å². The fourth-order valence-corrected chi connectivity index (χ4v) is 5.11. The molecule has 9 heteroatoms. The minimum absolute atomic E-state index is 0.125. The van der Waals surface area contributed by atoms with Gasteiger partial charge in [0.1, 0.15) is 11.5 Å². The number of nitrogens with one attached hydrogen (secondary N) is 2. The van der Waals surface area contributed by atoms with Gasteiger partial charge in [0.25, 0.3) is 0 Å². The van der Waals surface area contributed by atoms with E-state index in [9.17, 15) is 4.79 Å². The van der Waals surface area contributed by atoms with Crippen LogP contribution in [0, 0.1) is 0 Å². The molecular weight excluding hydrogens is 498 g/mol. The standard InChI is InChI=1S/C29H29N5O3S/c1-36-21-10-7-9-20(19-21)33-17-8-13-24(33)28-27(23-12-5-6-16-30-23)32-29(38)34(28)18-15-26(35)31-22-11-3-4-14-25(22)37-2/h3-14,16-17,19,27-28H,15,18H2,1-2H3,(H,31,35)(H,32,38)/t27-,28+/m0/s1. The van der Waals surface area contributed by atoms with Crippen LogP contribution in [0.3, 0.4) is 0 Å². The Labute approximate surface area is 227 Å². The van der Waals surface area contributed by atoms with E-state index >= 15 is 0 Å². The van der Waals surface area contributed by atoms with Crippen LogP contribution in [0.1, 0.15) is 29.9 Å². The first-order valence-corrected chi connectivity index (χ1v) is 12.7. The molecule has 1 aliphatic heterocycles. The van der Waals surface area contributed by atoms with Gasteiger partial charge in [-0.05, 0) is 60.7 Å². The number of nitrogens with zero attached hydrogens (tertiary/aromatic N) is 3. The van der Waals surface area contributed by atoms with Crippen LogP contribution in [0.15, 0.2) is 91.3 Å². The van der Waals surface area contributed by atoms with E-state index in [4.69, 9.17) is 21.7 Å². The van der Waals surface area contributed by atoms with Gasteiger partial charge < -0.3 is 29.6 Å². The number of rotatable bonds is 9. The number of carbonyl (C=O) groups excluding carboxylic acids is 1. The smallest absolute Gasteiger partial charge is 0.226 e. The molecule has 0 spiro atoms. The fraction of sp³-hybridized carbons (Fsp3) is 0.207. The van der Waals surface area contributed by atoms with Crippen molar-refractivity contribution in [2.24, 2.45) is 0 Å². The molecule has 2 aromatic carbocycles. The second-order valence-electron chi connectivity index (χ2n) is 8.82. The lowest BCUT2D eigenvalue weighted by molar-refractivity contribution is -0.116. The van der Waals surface area contributed by atoms with Gasteiger partial charge in [-0.25, -0.2) is 0 Å². The van der Waals surface area contributed by atoms with Crippen molar-refractivity contribution in [2.45, 2.75) is 18.5 Å². The normalized spacial score (nSPS) is 16.7. The van der Waals surface area contributed by atoms with E-state index < -0.39 is 0 Å². The maximum Gasteiger partial charge on any atom is 0.226 e. The molecule has 3 heterocycles. The number of amides is 1. The van der Waals surface area contributed by atoms with Gasteiger partial charge in [-0.1, -0.05) is 24.3 Å². The highest BCUT2D eigenvalue weighted by Crippen LogP contribution is 2.40. The molecule has 1 fully saturated rings. The quantitative estimate of drug-likeness (QED) is 0.300. The molecule has 0 aliphatic carbocycles. The zero-order valence-corrected chi connectivity index (χ0v) is 22.0. The second-order valence-corrected chi connectivity index (χ2v) is 9.21. The Kier molecular flexibility index (Phi) is 7.55. The number of thiocarbonyl (C=S) groups is 1. The minimum atomic E-state index is -0.197.